The summed E-state index contributed by atoms with van der Waals surface area (Å²) >= 11 is 0. The van der Waals surface area contributed by atoms with Gasteiger partial charge in [-0.15, -0.1) is 0 Å². The highest BCUT2D eigenvalue weighted by Crippen LogP contribution is 2.42. The zero-order valence-electron chi connectivity index (χ0n) is 19.4. The van der Waals surface area contributed by atoms with Gasteiger partial charge in [-0.3, -0.25) is 9.59 Å². The molecule has 2 amide bonds. The van der Waals surface area contributed by atoms with Gasteiger partial charge in [0.05, 0.1) is 12.6 Å². The number of amides is 2. The van der Waals surface area contributed by atoms with E-state index in [2.05, 4.69) is 35.6 Å². The molecule has 0 radical (unpaired) electrons. The van der Waals surface area contributed by atoms with Crippen LogP contribution in [-0.2, 0) is 22.6 Å². The summed E-state index contributed by atoms with van der Waals surface area (Å²) < 4.78 is 16.9. The van der Waals surface area contributed by atoms with Crippen LogP contribution in [0.3, 0.4) is 0 Å². The van der Waals surface area contributed by atoms with Gasteiger partial charge in [0.2, 0.25) is 11.8 Å². The number of aryl methyl sites for hydroxylation is 1. The SMILES string of the molecule is Cc1ncc2n1CCC(C(=O)N1C[C@H](F)[C@H](NC(=O)CC3CC(C)CC(C)(C)C3)C1)C2. The average Bonchev–Trinajstić information content (AvgIpc) is 3.22. The molecule has 2 aliphatic heterocycles. The van der Waals surface area contributed by atoms with Gasteiger partial charge in [0.15, 0.2) is 0 Å². The second-order valence-electron chi connectivity index (χ2n) is 11.1. The standard InChI is InChI=1S/C24H37FN4O2/c1-15-7-17(11-24(3,4)10-15)8-22(30)27-21-14-28(13-20(21)25)23(31)18-5-6-29-16(2)26-12-19(29)9-18/h12,15,17-18,20-21H,5-11,13-14H2,1-4H3,(H,27,30)/t15?,17?,18?,20-,21+/m0/s1. The molecule has 2 fully saturated rings. The smallest absolute Gasteiger partial charge is 0.226 e. The molecule has 0 bridgehead atoms. The van der Waals surface area contributed by atoms with Gasteiger partial charge in [0.25, 0.3) is 0 Å². The van der Waals surface area contributed by atoms with E-state index in [1.807, 2.05) is 13.1 Å². The highest BCUT2D eigenvalue weighted by molar-refractivity contribution is 5.80. The first-order valence-electron chi connectivity index (χ1n) is 11.8. The van der Waals surface area contributed by atoms with E-state index in [1.54, 1.807) is 4.90 Å². The number of fused-ring (bicyclic) bond motifs is 1. The fourth-order valence-corrected chi connectivity index (χ4v) is 6.40. The van der Waals surface area contributed by atoms with Crippen LogP contribution < -0.4 is 5.32 Å². The van der Waals surface area contributed by atoms with Crippen molar-refractivity contribution in [1.82, 2.24) is 19.8 Å². The van der Waals surface area contributed by atoms with Crippen molar-refractivity contribution in [1.29, 1.82) is 0 Å². The van der Waals surface area contributed by atoms with Crippen molar-refractivity contribution in [2.24, 2.45) is 23.2 Å². The highest BCUT2D eigenvalue weighted by Gasteiger charge is 2.40. The van der Waals surface area contributed by atoms with E-state index in [4.69, 9.17) is 0 Å². The molecular formula is C24H37FN4O2. The van der Waals surface area contributed by atoms with Crippen LogP contribution >= 0.6 is 0 Å². The Morgan fingerprint density at radius 3 is 2.81 bits per heavy atom. The molecule has 0 spiro atoms. The van der Waals surface area contributed by atoms with E-state index in [1.165, 1.54) is 6.42 Å². The van der Waals surface area contributed by atoms with Gasteiger partial charge in [0, 0.05) is 43.7 Å². The van der Waals surface area contributed by atoms with Crippen LogP contribution in [0.15, 0.2) is 6.20 Å². The van der Waals surface area contributed by atoms with Gasteiger partial charge in [-0.05, 0) is 49.9 Å². The Labute approximate surface area is 185 Å². The number of rotatable bonds is 4. The van der Waals surface area contributed by atoms with E-state index >= 15 is 0 Å². The maximum atomic E-state index is 14.7. The van der Waals surface area contributed by atoms with Crippen LogP contribution in [0.4, 0.5) is 4.39 Å². The summed E-state index contributed by atoms with van der Waals surface area (Å²) in [6.45, 7) is 9.89. The Balaban J connectivity index is 1.29. The summed E-state index contributed by atoms with van der Waals surface area (Å²) in [5, 5.41) is 2.90. The maximum absolute atomic E-state index is 14.7. The van der Waals surface area contributed by atoms with Crippen LogP contribution in [0.5, 0.6) is 0 Å². The molecule has 4 rings (SSSR count). The molecule has 172 valence electrons. The second-order valence-corrected chi connectivity index (χ2v) is 11.1. The number of imidazole rings is 1. The fourth-order valence-electron chi connectivity index (χ4n) is 6.40. The summed E-state index contributed by atoms with van der Waals surface area (Å²) in [7, 11) is 0. The van der Waals surface area contributed by atoms with Crippen molar-refractivity contribution >= 4 is 11.8 Å². The predicted molar refractivity (Wildman–Crippen MR) is 117 cm³/mol. The first-order chi connectivity index (χ1) is 14.6. The first kappa shape index (κ1) is 22.3. The number of halogens is 1. The molecule has 3 aliphatic rings. The molecule has 1 aliphatic carbocycles. The summed E-state index contributed by atoms with van der Waals surface area (Å²) in [5.41, 5.74) is 1.34. The third kappa shape index (κ3) is 4.96. The minimum atomic E-state index is -1.20. The molecule has 6 nitrogen and oxygen atoms in total. The van der Waals surface area contributed by atoms with E-state index < -0.39 is 12.2 Å². The zero-order valence-corrected chi connectivity index (χ0v) is 19.4. The molecule has 31 heavy (non-hydrogen) atoms. The molecule has 7 heteroatoms. The van der Waals surface area contributed by atoms with E-state index in [0.717, 1.165) is 37.3 Å². The molecular weight excluding hydrogens is 395 g/mol. The molecule has 1 saturated carbocycles. The van der Waals surface area contributed by atoms with Gasteiger partial charge in [-0.25, -0.2) is 9.37 Å². The number of carbonyl (C=O) groups excluding carboxylic acids is 2. The summed E-state index contributed by atoms with van der Waals surface area (Å²) in [5.74, 6) is 1.75. The third-order valence-corrected chi connectivity index (χ3v) is 7.50. The van der Waals surface area contributed by atoms with Crippen molar-refractivity contribution in [3.05, 3.63) is 17.7 Å². The van der Waals surface area contributed by atoms with Crippen LogP contribution in [-0.4, -0.2) is 51.6 Å². The summed E-state index contributed by atoms with van der Waals surface area (Å²) in [6.07, 6.45) is 5.79. The Hall–Kier alpha value is -1.92. The monoisotopic (exact) mass is 432 g/mol. The van der Waals surface area contributed by atoms with Gasteiger partial charge >= 0.3 is 0 Å². The number of likely N-dealkylation sites (tertiary alicyclic amines) is 1. The number of nitrogens with one attached hydrogen (secondary N) is 1. The Morgan fingerprint density at radius 2 is 2.06 bits per heavy atom. The van der Waals surface area contributed by atoms with E-state index in [-0.39, 0.29) is 36.2 Å². The first-order valence-corrected chi connectivity index (χ1v) is 11.8. The molecule has 1 saturated heterocycles. The number of carbonyl (C=O) groups is 2. The fraction of sp³-hybridized carbons (Fsp3) is 0.792. The van der Waals surface area contributed by atoms with Crippen molar-refractivity contribution < 1.29 is 14.0 Å². The number of hydrogen-bond acceptors (Lipinski definition) is 3. The minimum absolute atomic E-state index is 0.00681. The lowest BCUT2D eigenvalue weighted by Crippen LogP contribution is -2.43. The minimum Gasteiger partial charge on any atom is -0.349 e. The van der Waals surface area contributed by atoms with Crippen molar-refractivity contribution in [2.75, 3.05) is 13.1 Å². The largest absolute Gasteiger partial charge is 0.349 e. The second kappa shape index (κ2) is 8.55. The highest BCUT2D eigenvalue weighted by atomic mass is 19.1. The molecule has 3 heterocycles. The number of alkyl halides is 1. The summed E-state index contributed by atoms with van der Waals surface area (Å²) in [4.78, 5) is 31.6. The van der Waals surface area contributed by atoms with Crippen molar-refractivity contribution in [3.63, 3.8) is 0 Å². The van der Waals surface area contributed by atoms with Crippen LogP contribution in [0.25, 0.3) is 0 Å². The normalized spacial score (nSPS) is 32.5. The predicted octanol–water partition coefficient (Wildman–Crippen LogP) is 3.27. The van der Waals surface area contributed by atoms with Crippen LogP contribution in [0.1, 0.15) is 64.4 Å². The molecule has 0 aromatic carbocycles. The van der Waals surface area contributed by atoms with Gasteiger partial charge in [-0.2, -0.15) is 0 Å². The van der Waals surface area contributed by atoms with E-state index in [9.17, 15) is 14.0 Å². The lowest BCUT2D eigenvalue weighted by molar-refractivity contribution is -0.135. The van der Waals surface area contributed by atoms with Gasteiger partial charge in [-0.1, -0.05) is 20.8 Å². The quantitative estimate of drug-likeness (QED) is 0.794. The topological polar surface area (TPSA) is 67.2 Å². The molecule has 1 aromatic heterocycles. The lowest BCUT2D eigenvalue weighted by Gasteiger charge is -2.39. The van der Waals surface area contributed by atoms with Crippen LogP contribution in [0.2, 0.25) is 0 Å². The molecule has 1 aromatic rings. The third-order valence-electron chi connectivity index (χ3n) is 7.50. The van der Waals surface area contributed by atoms with Gasteiger partial charge in [0.1, 0.15) is 12.0 Å². The van der Waals surface area contributed by atoms with Crippen molar-refractivity contribution in [3.8, 4) is 0 Å². The molecule has 1 N–H and O–H groups in total. The maximum Gasteiger partial charge on any atom is 0.226 e. The number of nitrogens with zero attached hydrogens (tertiary/aromatic N) is 3. The molecule has 3 unspecified atom stereocenters. The lowest BCUT2D eigenvalue weighted by atomic mass is 9.67. The zero-order chi connectivity index (χ0) is 22.3. The molecule has 5 atom stereocenters. The number of hydrogen-bond donors (Lipinski definition) is 1. The average molecular weight is 433 g/mol. The summed E-state index contributed by atoms with van der Waals surface area (Å²) in [6, 6.07) is -0.596. The number of aromatic nitrogens is 2. The van der Waals surface area contributed by atoms with E-state index in [0.29, 0.717) is 24.7 Å². The van der Waals surface area contributed by atoms with Crippen LogP contribution in [0, 0.1) is 30.1 Å². The Kier molecular flexibility index (Phi) is 6.14. The Morgan fingerprint density at radius 1 is 1.29 bits per heavy atom. The Bertz CT molecular complexity index is 836. The van der Waals surface area contributed by atoms with Crippen molar-refractivity contribution in [2.45, 2.75) is 85.0 Å². The van der Waals surface area contributed by atoms with Gasteiger partial charge < -0.3 is 14.8 Å².